The van der Waals surface area contributed by atoms with Gasteiger partial charge in [0, 0.05) is 11.7 Å². The highest BCUT2D eigenvalue weighted by atomic mass is 16.2. The Kier molecular flexibility index (Phi) is 2.85. The van der Waals surface area contributed by atoms with Crippen molar-refractivity contribution in [1.29, 1.82) is 0 Å². The zero-order valence-electron chi connectivity index (χ0n) is 12.0. The minimum atomic E-state index is -0.215. The van der Waals surface area contributed by atoms with Crippen LogP contribution in [-0.2, 0) is 0 Å². The molecule has 2 N–H and O–H groups in total. The molecule has 0 atom stereocenters. The van der Waals surface area contributed by atoms with Gasteiger partial charge in [-0.3, -0.25) is 14.5 Å². The van der Waals surface area contributed by atoms with Crippen molar-refractivity contribution < 1.29 is 9.59 Å². The lowest BCUT2D eigenvalue weighted by molar-refractivity contribution is 0.0495. The van der Waals surface area contributed by atoms with Crippen molar-refractivity contribution in [2.45, 2.75) is 45.6 Å². The third-order valence-electron chi connectivity index (χ3n) is 4.65. The molecule has 0 aromatic heterocycles. The van der Waals surface area contributed by atoms with Gasteiger partial charge in [-0.05, 0) is 43.2 Å². The van der Waals surface area contributed by atoms with E-state index < -0.39 is 0 Å². The van der Waals surface area contributed by atoms with E-state index >= 15 is 0 Å². The summed E-state index contributed by atoms with van der Waals surface area (Å²) in [6.45, 7) is 4.48. The second-order valence-electron chi connectivity index (χ2n) is 6.65. The van der Waals surface area contributed by atoms with Crippen LogP contribution in [-0.4, -0.2) is 22.8 Å². The fraction of sp³-hybridized carbons (Fsp3) is 0.500. The highest BCUT2D eigenvalue weighted by Crippen LogP contribution is 2.39. The van der Waals surface area contributed by atoms with Gasteiger partial charge in [-0.15, -0.1) is 0 Å². The largest absolute Gasteiger partial charge is 0.398 e. The number of nitrogens with zero attached hydrogens (tertiary/aromatic N) is 1. The highest BCUT2D eigenvalue weighted by molar-refractivity contribution is 6.23. The Balaban J connectivity index is 1.89. The number of imide groups is 1. The van der Waals surface area contributed by atoms with E-state index in [0.717, 1.165) is 25.7 Å². The maximum Gasteiger partial charge on any atom is 0.263 e. The molecular formula is C16H20N2O2. The molecule has 1 saturated carbocycles. The van der Waals surface area contributed by atoms with Gasteiger partial charge in [-0.25, -0.2) is 0 Å². The van der Waals surface area contributed by atoms with E-state index in [-0.39, 0.29) is 17.9 Å². The highest BCUT2D eigenvalue weighted by Gasteiger charge is 2.42. The number of nitrogen functional groups attached to an aromatic ring is 1. The molecule has 1 aliphatic heterocycles. The number of hydrogen-bond acceptors (Lipinski definition) is 3. The van der Waals surface area contributed by atoms with Crippen LogP contribution in [0.4, 0.5) is 5.69 Å². The van der Waals surface area contributed by atoms with Crippen LogP contribution in [0, 0.1) is 5.41 Å². The monoisotopic (exact) mass is 272 g/mol. The van der Waals surface area contributed by atoms with Crippen LogP contribution < -0.4 is 5.73 Å². The van der Waals surface area contributed by atoms with E-state index in [4.69, 9.17) is 5.73 Å². The molecule has 1 aliphatic carbocycles. The van der Waals surface area contributed by atoms with Crippen LogP contribution in [0.5, 0.6) is 0 Å². The van der Waals surface area contributed by atoms with E-state index in [9.17, 15) is 9.59 Å². The van der Waals surface area contributed by atoms with Crippen LogP contribution in [0.1, 0.15) is 60.2 Å². The van der Waals surface area contributed by atoms with Crippen molar-refractivity contribution in [3.8, 4) is 0 Å². The number of nitrogens with two attached hydrogens (primary N) is 1. The Morgan fingerprint density at radius 1 is 1.15 bits per heavy atom. The number of rotatable bonds is 1. The fourth-order valence-corrected chi connectivity index (χ4v) is 3.30. The van der Waals surface area contributed by atoms with Crippen molar-refractivity contribution in [2.24, 2.45) is 5.41 Å². The van der Waals surface area contributed by atoms with Gasteiger partial charge >= 0.3 is 0 Å². The van der Waals surface area contributed by atoms with Gasteiger partial charge in [0.15, 0.2) is 0 Å². The Labute approximate surface area is 118 Å². The second-order valence-corrected chi connectivity index (χ2v) is 6.65. The quantitative estimate of drug-likeness (QED) is 0.631. The van der Waals surface area contributed by atoms with Crippen LogP contribution in [0.25, 0.3) is 0 Å². The van der Waals surface area contributed by atoms with Crippen molar-refractivity contribution in [3.05, 3.63) is 29.3 Å². The van der Waals surface area contributed by atoms with Crippen molar-refractivity contribution in [3.63, 3.8) is 0 Å². The number of hydrogen-bond donors (Lipinski definition) is 1. The molecule has 0 bridgehead atoms. The van der Waals surface area contributed by atoms with Gasteiger partial charge in [-0.1, -0.05) is 19.9 Å². The average Bonchev–Trinajstić information content (AvgIpc) is 2.64. The van der Waals surface area contributed by atoms with Gasteiger partial charge in [0.25, 0.3) is 11.8 Å². The van der Waals surface area contributed by atoms with Gasteiger partial charge in [0.2, 0.25) is 0 Å². The first-order chi connectivity index (χ1) is 9.41. The number of carbonyl (C=O) groups excluding carboxylic acids is 2. The second kappa shape index (κ2) is 4.33. The Hall–Kier alpha value is -1.84. The molecule has 20 heavy (non-hydrogen) atoms. The SMILES string of the molecule is CC1(C)CCC(N2C(=O)c3cccc(N)c3C2=O)CC1. The zero-order chi connectivity index (χ0) is 14.5. The molecule has 0 saturated heterocycles. The molecule has 1 aromatic carbocycles. The van der Waals surface area contributed by atoms with E-state index in [0.29, 0.717) is 22.2 Å². The van der Waals surface area contributed by atoms with E-state index in [1.807, 2.05) is 0 Å². The van der Waals surface area contributed by atoms with Gasteiger partial charge in [-0.2, -0.15) is 0 Å². The third kappa shape index (κ3) is 1.90. The summed E-state index contributed by atoms with van der Waals surface area (Å²) in [5.41, 5.74) is 7.42. The lowest BCUT2D eigenvalue weighted by atomic mass is 9.75. The standard InChI is InChI=1S/C16H20N2O2/c1-16(2)8-6-10(7-9-16)18-14(19)11-4-3-5-12(17)13(11)15(18)20/h3-5,10H,6-9,17H2,1-2H3. The molecule has 3 rings (SSSR count). The summed E-state index contributed by atoms with van der Waals surface area (Å²) in [6, 6.07) is 5.12. The fourth-order valence-electron chi connectivity index (χ4n) is 3.30. The summed E-state index contributed by atoms with van der Waals surface area (Å²) >= 11 is 0. The minimum absolute atomic E-state index is 0.0230. The molecule has 1 fully saturated rings. The summed E-state index contributed by atoms with van der Waals surface area (Å²) in [4.78, 5) is 26.4. The van der Waals surface area contributed by atoms with Gasteiger partial charge in [0.05, 0.1) is 11.1 Å². The summed E-state index contributed by atoms with van der Waals surface area (Å²) in [6.07, 6.45) is 3.86. The first-order valence-corrected chi connectivity index (χ1v) is 7.17. The topological polar surface area (TPSA) is 63.4 Å². The number of carbonyl (C=O) groups is 2. The van der Waals surface area contributed by atoms with E-state index in [2.05, 4.69) is 13.8 Å². The Bertz CT molecular complexity index is 582. The van der Waals surface area contributed by atoms with E-state index in [1.165, 1.54) is 4.90 Å². The maximum absolute atomic E-state index is 12.5. The lowest BCUT2D eigenvalue weighted by Gasteiger charge is -2.37. The normalized spacial score (nSPS) is 22.2. The van der Waals surface area contributed by atoms with Gasteiger partial charge < -0.3 is 5.73 Å². The molecular weight excluding hydrogens is 252 g/mol. The smallest absolute Gasteiger partial charge is 0.263 e. The van der Waals surface area contributed by atoms with Crippen LogP contribution in [0.3, 0.4) is 0 Å². The third-order valence-corrected chi connectivity index (χ3v) is 4.65. The molecule has 0 spiro atoms. The molecule has 0 unspecified atom stereocenters. The van der Waals surface area contributed by atoms with Crippen molar-refractivity contribution >= 4 is 17.5 Å². The zero-order valence-corrected chi connectivity index (χ0v) is 12.0. The van der Waals surface area contributed by atoms with Crippen molar-refractivity contribution in [1.82, 2.24) is 4.90 Å². The summed E-state index contributed by atoms with van der Waals surface area (Å²) in [5.74, 6) is -0.394. The minimum Gasteiger partial charge on any atom is -0.398 e. The number of amides is 2. The van der Waals surface area contributed by atoms with Crippen LogP contribution >= 0.6 is 0 Å². The molecule has 0 radical (unpaired) electrons. The Morgan fingerprint density at radius 3 is 2.40 bits per heavy atom. The predicted octanol–water partition coefficient (Wildman–Crippen LogP) is 2.83. The number of fused-ring (bicyclic) bond motifs is 1. The van der Waals surface area contributed by atoms with E-state index in [1.54, 1.807) is 18.2 Å². The number of benzene rings is 1. The van der Waals surface area contributed by atoms with Crippen molar-refractivity contribution in [2.75, 3.05) is 5.73 Å². The first kappa shape index (κ1) is 13.2. The molecule has 106 valence electrons. The Morgan fingerprint density at radius 2 is 1.80 bits per heavy atom. The molecule has 1 aromatic rings. The van der Waals surface area contributed by atoms with Crippen LogP contribution in [0.15, 0.2) is 18.2 Å². The average molecular weight is 272 g/mol. The lowest BCUT2D eigenvalue weighted by Crippen LogP contribution is -2.43. The number of anilines is 1. The summed E-state index contributed by atoms with van der Waals surface area (Å²) in [7, 11) is 0. The molecule has 4 nitrogen and oxygen atoms in total. The molecule has 2 amide bonds. The maximum atomic E-state index is 12.5. The molecule has 2 aliphatic rings. The van der Waals surface area contributed by atoms with Crippen LogP contribution in [0.2, 0.25) is 0 Å². The summed E-state index contributed by atoms with van der Waals surface area (Å²) < 4.78 is 0. The van der Waals surface area contributed by atoms with Gasteiger partial charge in [0.1, 0.15) is 0 Å². The predicted molar refractivity (Wildman–Crippen MR) is 77.4 cm³/mol. The molecule has 4 heteroatoms. The summed E-state index contributed by atoms with van der Waals surface area (Å²) in [5, 5.41) is 0. The first-order valence-electron chi connectivity index (χ1n) is 7.17. The molecule has 1 heterocycles.